The first kappa shape index (κ1) is 13.4. The second-order valence-corrected chi connectivity index (χ2v) is 7.06. The molecule has 0 aromatic heterocycles. The summed E-state index contributed by atoms with van der Waals surface area (Å²) in [6.45, 7) is 1.81. The lowest BCUT2D eigenvalue weighted by Gasteiger charge is -2.27. The molecule has 102 valence electrons. The van der Waals surface area contributed by atoms with Crippen molar-refractivity contribution in [3.63, 3.8) is 0 Å². The van der Waals surface area contributed by atoms with Crippen LogP contribution in [0.2, 0.25) is 0 Å². The maximum absolute atomic E-state index is 12.5. The summed E-state index contributed by atoms with van der Waals surface area (Å²) in [7, 11) is 0. The Balaban J connectivity index is 1.70. The normalized spacial score (nSPS) is 30.2. The maximum Gasteiger partial charge on any atom is 0.253 e. The summed E-state index contributed by atoms with van der Waals surface area (Å²) < 4.78 is 1.16. The molecule has 1 heterocycles. The lowest BCUT2D eigenvalue weighted by Crippen LogP contribution is -2.32. The number of likely N-dealkylation sites (tertiary alicyclic amines) is 1. The average Bonchev–Trinajstić information content (AvgIpc) is 2.81. The molecule has 1 aliphatic carbocycles. The van der Waals surface area contributed by atoms with Gasteiger partial charge in [0.25, 0.3) is 5.91 Å². The summed E-state index contributed by atoms with van der Waals surface area (Å²) in [5.41, 5.74) is 6.84. The summed E-state index contributed by atoms with van der Waals surface area (Å²) >= 11 is 2.26. The zero-order valence-corrected chi connectivity index (χ0v) is 13.0. The Morgan fingerprint density at radius 3 is 2.58 bits per heavy atom. The topological polar surface area (TPSA) is 46.3 Å². The third-order valence-electron chi connectivity index (χ3n) is 4.47. The Labute approximate surface area is 127 Å². The van der Waals surface area contributed by atoms with Crippen molar-refractivity contribution in [1.29, 1.82) is 0 Å². The van der Waals surface area contributed by atoms with Gasteiger partial charge in [-0.05, 0) is 78.0 Å². The fourth-order valence-electron chi connectivity index (χ4n) is 3.41. The van der Waals surface area contributed by atoms with Crippen molar-refractivity contribution in [1.82, 2.24) is 4.90 Å². The van der Waals surface area contributed by atoms with Crippen LogP contribution in [0.5, 0.6) is 0 Å². The average molecular weight is 370 g/mol. The highest BCUT2D eigenvalue weighted by molar-refractivity contribution is 14.1. The van der Waals surface area contributed by atoms with Gasteiger partial charge >= 0.3 is 0 Å². The van der Waals surface area contributed by atoms with E-state index in [2.05, 4.69) is 22.6 Å². The van der Waals surface area contributed by atoms with Gasteiger partial charge in [-0.25, -0.2) is 0 Å². The smallest absolute Gasteiger partial charge is 0.253 e. The molecule has 1 aromatic rings. The summed E-state index contributed by atoms with van der Waals surface area (Å²) in [5.74, 6) is 1.48. The number of nitrogens with zero attached hydrogens (tertiary/aromatic N) is 1. The predicted octanol–water partition coefficient (Wildman–Crippen LogP) is 2.49. The molecule has 3 nitrogen and oxygen atoms in total. The molecule has 1 saturated heterocycles. The fourth-order valence-corrected chi connectivity index (χ4v) is 3.77. The molecule has 4 heteroatoms. The van der Waals surface area contributed by atoms with E-state index in [9.17, 15) is 4.79 Å². The molecule has 1 aliphatic heterocycles. The number of rotatable bonds is 1. The molecule has 3 atom stereocenters. The first-order valence-electron chi connectivity index (χ1n) is 6.94. The lowest BCUT2D eigenvalue weighted by molar-refractivity contribution is 0.0784. The molecule has 19 heavy (non-hydrogen) atoms. The van der Waals surface area contributed by atoms with Gasteiger partial charge in [0.1, 0.15) is 0 Å². The van der Waals surface area contributed by atoms with Crippen molar-refractivity contribution in [2.75, 3.05) is 13.1 Å². The molecular formula is C15H19IN2O. The molecule has 2 aliphatic rings. The van der Waals surface area contributed by atoms with E-state index in [0.717, 1.165) is 35.1 Å². The summed E-state index contributed by atoms with van der Waals surface area (Å²) in [5, 5.41) is 0. The molecule has 1 amide bonds. The molecule has 1 saturated carbocycles. The molecule has 1 unspecified atom stereocenters. The minimum absolute atomic E-state index is 0.180. The second-order valence-electron chi connectivity index (χ2n) is 5.81. The molecule has 0 bridgehead atoms. The number of nitrogens with two attached hydrogens (primary N) is 1. The van der Waals surface area contributed by atoms with Crippen LogP contribution in [0.15, 0.2) is 24.3 Å². The van der Waals surface area contributed by atoms with Crippen LogP contribution >= 0.6 is 22.6 Å². The van der Waals surface area contributed by atoms with Gasteiger partial charge in [-0.3, -0.25) is 4.79 Å². The molecule has 1 aromatic carbocycles. The van der Waals surface area contributed by atoms with Crippen LogP contribution in [0.1, 0.15) is 29.6 Å². The van der Waals surface area contributed by atoms with Gasteiger partial charge in [0.2, 0.25) is 0 Å². The van der Waals surface area contributed by atoms with Gasteiger partial charge < -0.3 is 10.6 Å². The van der Waals surface area contributed by atoms with Crippen molar-refractivity contribution in [2.45, 2.75) is 25.3 Å². The lowest BCUT2D eigenvalue weighted by atomic mass is 9.79. The monoisotopic (exact) mass is 370 g/mol. The van der Waals surface area contributed by atoms with E-state index in [4.69, 9.17) is 5.73 Å². The van der Waals surface area contributed by atoms with Crippen LogP contribution in [0.3, 0.4) is 0 Å². The minimum Gasteiger partial charge on any atom is -0.338 e. The SMILES string of the molecule is NC1CC[C@@H]2CN(C(=O)c3ccc(I)cc3)C[C@@H]2C1. The van der Waals surface area contributed by atoms with Crippen LogP contribution < -0.4 is 5.73 Å². The van der Waals surface area contributed by atoms with Gasteiger partial charge in [0, 0.05) is 28.3 Å². The van der Waals surface area contributed by atoms with Gasteiger partial charge in [-0.2, -0.15) is 0 Å². The second kappa shape index (κ2) is 5.40. The van der Waals surface area contributed by atoms with Crippen molar-refractivity contribution >= 4 is 28.5 Å². The molecule has 0 spiro atoms. The Bertz CT molecular complexity index is 474. The van der Waals surface area contributed by atoms with E-state index < -0.39 is 0 Å². The maximum atomic E-state index is 12.5. The van der Waals surface area contributed by atoms with Gasteiger partial charge in [0.15, 0.2) is 0 Å². The van der Waals surface area contributed by atoms with E-state index in [1.165, 1.54) is 6.42 Å². The largest absolute Gasteiger partial charge is 0.338 e. The Hall–Kier alpha value is -0.620. The number of benzene rings is 1. The highest BCUT2D eigenvalue weighted by Crippen LogP contribution is 2.36. The number of fused-ring (bicyclic) bond motifs is 1. The summed E-state index contributed by atoms with van der Waals surface area (Å²) in [6, 6.07) is 8.18. The first-order valence-corrected chi connectivity index (χ1v) is 8.02. The number of amides is 1. The quantitative estimate of drug-likeness (QED) is 0.773. The van der Waals surface area contributed by atoms with Crippen molar-refractivity contribution in [3.8, 4) is 0 Å². The van der Waals surface area contributed by atoms with Crippen LogP contribution in [0.25, 0.3) is 0 Å². The van der Waals surface area contributed by atoms with Crippen molar-refractivity contribution in [2.24, 2.45) is 17.6 Å². The van der Waals surface area contributed by atoms with E-state index in [0.29, 0.717) is 17.9 Å². The predicted molar refractivity (Wildman–Crippen MR) is 83.9 cm³/mol. The third kappa shape index (κ3) is 2.79. The summed E-state index contributed by atoms with van der Waals surface area (Å²) in [4.78, 5) is 14.5. The Morgan fingerprint density at radius 1 is 1.16 bits per heavy atom. The number of hydrogen-bond donors (Lipinski definition) is 1. The zero-order valence-electron chi connectivity index (χ0n) is 10.9. The molecule has 2 N–H and O–H groups in total. The standard InChI is InChI=1S/C15H19IN2O/c16-13-4-1-10(2-5-13)15(19)18-8-11-3-6-14(17)7-12(11)9-18/h1-2,4-5,11-12,14H,3,6-9,17H2/t11-,12+,14?/m1/s1. The van der Waals surface area contributed by atoms with Gasteiger partial charge in [-0.1, -0.05) is 0 Å². The fraction of sp³-hybridized carbons (Fsp3) is 0.533. The molecule has 3 rings (SSSR count). The Morgan fingerprint density at radius 2 is 1.84 bits per heavy atom. The number of hydrogen-bond acceptors (Lipinski definition) is 2. The zero-order chi connectivity index (χ0) is 13.4. The van der Waals surface area contributed by atoms with Crippen LogP contribution in [0, 0.1) is 15.4 Å². The van der Waals surface area contributed by atoms with Crippen LogP contribution in [-0.4, -0.2) is 29.9 Å². The van der Waals surface area contributed by atoms with Crippen LogP contribution in [-0.2, 0) is 0 Å². The van der Waals surface area contributed by atoms with Gasteiger partial charge in [-0.15, -0.1) is 0 Å². The molecule has 2 fully saturated rings. The van der Waals surface area contributed by atoms with E-state index in [1.807, 2.05) is 29.2 Å². The van der Waals surface area contributed by atoms with Crippen molar-refractivity contribution in [3.05, 3.63) is 33.4 Å². The minimum atomic E-state index is 0.180. The van der Waals surface area contributed by atoms with E-state index in [1.54, 1.807) is 0 Å². The van der Waals surface area contributed by atoms with E-state index >= 15 is 0 Å². The van der Waals surface area contributed by atoms with E-state index in [-0.39, 0.29) is 5.91 Å². The Kier molecular flexibility index (Phi) is 3.80. The number of carbonyl (C=O) groups is 1. The van der Waals surface area contributed by atoms with Gasteiger partial charge in [0.05, 0.1) is 0 Å². The first-order chi connectivity index (χ1) is 9.13. The molecular weight excluding hydrogens is 351 g/mol. The third-order valence-corrected chi connectivity index (χ3v) is 5.19. The molecule has 0 radical (unpaired) electrons. The number of carbonyl (C=O) groups excluding carboxylic acids is 1. The highest BCUT2D eigenvalue weighted by Gasteiger charge is 2.38. The van der Waals surface area contributed by atoms with Crippen molar-refractivity contribution < 1.29 is 4.79 Å². The highest BCUT2D eigenvalue weighted by atomic mass is 127. The number of halogens is 1. The van der Waals surface area contributed by atoms with Crippen LogP contribution in [0.4, 0.5) is 0 Å². The summed E-state index contributed by atoms with van der Waals surface area (Å²) in [6.07, 6.45) is 3.39.